The summed E-state index contributed by atoms with van der Waals surface area (Å²) in [6.45, 7) is 6.89. The van der Waals surface area contributed by atoms with E-state index < -0.39 is 0 Å². The lowest BCUT2D eigenvalue weighted by molar-refractivity contribution is 0.122. The Balaban J connectivity index is 1.50. The maximum atomic E-state index is 12.6. The third-order valence-corrected chi connectivity index (χ3v) is 6.51. The van der Waals surface area contributed by atoms with Crippen LogP contribution < -0.4 is 10.5 Å². The van der Waals surface area contributed by atoms with Gasteiger partial charge in [0.2, 0.25) is 5.95 Å². The molecule has 4 aromatic rings. The average Bonchev–Trinajstić information content (AvgIpc) is 3.22. The van der Waals surface area contributed by atoms with E-state index in [9.17, 15) is 4.79 Å². The fourth-order valence-electron chi connectivity index (χ4n) is 3.93. The predicted molar refractivity (Wildman–Crippen MR) is 125 cm³/mol. The van der Waals surface area contributed by atoms with Gasteiger partial charge in [0.05, 0.1) is 24.6 Å². The molecule has 1 saturated heterocycles. The second-order valence-corrected chi connectivity index (χ2v) is 8.68. The Bertz CT molecular complexity index is 1330. The van der Waals surface area contributed by atoms with E-state index in [-0.39, 0.29) is 5.56 Å². The smallest absolute Gasteiger partial charge is 0.258 e. The zero-order valence-corrected chi connectivity index (χ0v) is 18.9. The van der Waals surface area contributed by atoms with Crippen LogP contribution in [0, 0.1) is 13.8 Å². The first-order valence-electron chi connectivity index (χ1n) is 10.6. The number of fused-ring (bicyclic) bond motifs is 1. The Labute approximate surface area is 189 Å². The van der Waals surface area contributed by atoms with E-state index in [1.807, 2.05) is 37.3 Å². The molecule has 5 rings (SSSR count). The van der Waals surface area contributed by atoms with Gasteiger partial charge in [-0.25, -0.2) is 4.98 Å². The third-order valence-electron chi connectivity index (χ3n) is 5.55. The van der Waals surface area contributed by atoms with Crippen LogP contribution in [0.2, 0.25) is 0 Å². The minimum Gasteiger partial charge on any atom is -0.378 e. The Morgan fingerprint density at radius 2 is 1.84 bits per heavy atom. The molecule has 9 heteroatoms. The van der Waals surface area contributed by atoms with Gasteiger partial charge >= 0.3 is 0 Å². The molecule has 1 aromatic carbocycles. The topological polar surface area (TPSA) is 77.5 Å². The highest BCUT2D eigenvalue weighted by Gasteiger charge is 2.22. The van der Waals surface area contributed by atoms with Crippen LogP contribution in [0.3, 0.4) is 0 Å². The van der Waals surface area contributed by atoms with Crippen LogP contribution in [-0.2, 0) is 10.5 Å². The van der Waals surface area contributed by atoms with E-state index in [4.69, 9.17) is 4.74 Å². The molecule has 0 saturated carbocycles. The van der Waals surface area contributed by atoms with Crippen LogP contribution in [0.25, 0.3) is 11.3 Å². The number of aromatic nitrogens is 5. The van der Waals surface area contributed by atoms with Crippen molar-refractivity contribution < 1.29 is 4.74 Å². The minimum absolute atomic E-state index is 0.0712. The average molecular weight is 449 g/mol. The summed E-state index contributed by atoms with van der Waals surface area (Å²) in [4.78, 5) is 19.5. The lowest BCUT2D eigenvalue weighted by Crippen LogP contribution is -2.38. The number of hydrogen-bond acceptors (Lipinski definition) is 7. The SMILES string of the molecule is Cc1ccccc1-n1c(SCc2cc(=O)n3c(C)cccc3n2)nnc1N1CCOCC1. The molecule has 0 amide bonds. The molecular weight excluding hydrogens is 424 g/mol. The molecule has 0 unspecified atom stereocenters. The van der Waals surface area contributed by atoms with Gasteiger partial charge < -0.3 is 9.64 Å². The standard InChI is InChI=1S/C23H24N6O2S/c1-16-6-3-4-8-19(16)29-22(27-10-12-31-13-11-27)25-26-23(29)32-15-18-14-21(30)28-17(2)7-5-9-20(28)24-18/h3-9,14H,10-13,15H2,1-2H3. The predicted octanol–water partition coefficient (Wildman–Crippen LogP) is 3.02. The Kier molecular flexibility index (Phi) is 5.67. The van der Waals surface area contributed by atoms with E-state index in [2.05, 4.69) is 43.7 Å². The van der Waals surface area contributed by atoms with Crippen molar-refractivity contribution in [3.63, 3.8) is 0 Å². The van der Waals surface area contributed by atoms with Crippen molar-refractivity contribution in [1.29, 1.82) is 0 Å². The molecule has 0 spiro atoms. The fourth-order valence-corrected chi connectivity index (χ4v) is 4.76. The van der Waals surface area contributed by atoms with Gasteiger partial charge in [0, 0.05) is 30.6 Å². The minimum atomic E-state index is -0.0712. The normalized spacial score (nSPS) is 14.2. The first-order valence-corrected chi connectivity index (χ1v) is 11.6. The Morgan fingerprint density at radius 1 is 1.03 bits per heavy atom. The molecule has 32 heavy (non-hydrogen) atoms. The summed E-state index contributed by atoms with van der Waals surface area (Å²) in [7, 11) is 0. The molecule has 0 radical (unpaired) electrons. The van der Waals surface area contributed by atoms with Crippen LogP contribution in [-0.4, -0.2) is 50.5 Å². The van der Waals surface area contributed by atoms with Gasteiger partial charge in [-0.2, -0.15) is 0 Å². The fraction of sp³-hybridized carbons (Fsp3) is 0.304. The van der Waals surface area contributed by atoms with Crippen LogP contribution in [0.4, 0.5) is 5.95 Å². The van der Waals surface area contributed by atoms with Crippen LogP contribution in [0.1, 0.15) is 17.0 Å². The number of pyridine rings is 1. The number of anilines is 1. The molecule has 1 fully saturated rings. The molecule has 3 aromatic heterocycles. The molecular formula is C23H24N6O2S. The summed E-state index contributed by atoms with van der Waals surface area (Å²) in [5, 5.41) is 9.80. The molecule has 1 aliphatic rings. The number of para-hydroxylation sites is 1. The van der Waals surface area contributed by atoms with Gasteiger partial charge in [-0.1, -0.05) is 36.0 Å². The lowest BCUT2D eigenvalue weighted by Gasteiger charge is -2.28. The number of morpholine rings is 1. The maximum absolute atomic E-state index is 12.6. The highest BCUT2D eigenvalue weighted by atomic mass is 32.2. The van der Waals surface area contributed by atoms with Gasteiger partial charge in [-0.3, -0.25) is 13.8 Å². The molecule has 0 N–H and O–H groups in total. The van der Waals surface area contributed by atoms with Crippen LogP contribution >= 0.6 is 11.8 Å². The molecule has 0 bridgehead atoms. The zero-order valence-electron chi connectivity index (χ0n) is 18.1. The highest BCUT2D eigenvalue weighted by Crippen LogP contribution is 2.30. The van der Waals surface area contributed by atoms with E-state index in [1.54, 1.807) is 10.5 Å². The van der Waals surface area contributed by atoms with Crippen LogP contribution in [0.5, 0.6) is 0 Å². The number of benzene rings is 1. The summed E-state index contributed by atoms with van der Waals surface area (Å²) in [6, 6.07) is 15.5. The van der Waals surface area contributed by atoms with Gasteiger partial charge in [0.1, 0.15) is 5.65 Å². The van der Waals surface area contributed by atoms with Gasteiger partial charge in [-0.15, -0.1) is 10.2 Å². The second kappa shape index (κ2) is 8.76. The van der Waals surface area contributed by atoms with Crippen molar-refractivity contribution in [3.8, 4) is 5.69 Å². The largest absolute Gasteiger partial charge is 0.378 e. The summed E-state index contributed by atoms with van der Waals surface area (Å²) >= 11 is 1.53. The first-order chi connectivity index (χ1) is 15.6. The van der Waals surface area contributed by atoms with Crippen LogP contribution in [0.15, 0.2) is 58.5 Å². The number of hydrogen-bond donors (Lipinski definition) is 0. The van der Waals surface area contributed by atoms with Gasteiger partial charge in [0.15, 0.2) is 5.16 Å². The van der Waals surface area contributed by atoms with Crippen molar-refractivity contribution in [3.05, 3.63) is 75.8 Å². The molecule has 0 aliphatic carbocycles. The van der Waals surface area contributed by atoms with E-state index in [1.165, 1.54) is 11.8 Å². The van der Waals surface area contributed by atoms with Crippen molar-refractivity contribution in [1.82, 2.24) is 24.1 Å². The maximum Gasteiger partial charge on any atom is 0.258 e. The summed E-state index contributed by atoms with van der Waals surface area (Å²) in [5.74, 6) is 1.33. The lowest BCUT2D eigenvalue weighted by atomic mass is 10.2. The number of rotatable bonds is 5. The summed E-state index contributed by atoms with van der Waals surface area (Å²) in [5.41, 5.74) is 4.36. The van der Waals surface area contributed by atoms with E-state index in [0.717, 1.165) is 46.8 Å². The first kappa shape index (κ1) is 20.7. The third kappa shape index (κ3) is 3.89. The summed E-state index contributed by atoms with van der Waals surface area (Å²) < 4.78 is 9.24. The Morgan fingerprint density at radius 3 is 2.66 bits per heavy atom. The number of aryl methyl sites for hydroxylation is 2. The van der Waals surface area contributed by atoms with Gasteiger partial charge in [-0.05, 0) is 37.6 Å². The number of thioether (sulfide) groups is 1. The molecule has 4 heterocycles. The quantitative estimate of drug-likeness (QED) is 0.434. The van der Waals surface area contributed by atoms with Crippen molar-refractivity contribution in [2.45, 2.75) is 24.8 Å². The van der Waals surface area contributed by atoms with E-state index >= 15 is 0 Å². The summed E-state index contributed by atoms with van der Waals surface area (Å²) in [6.07, 6.45) is 0. The van der Waals surface area contributed by atoms with Crippen molar-refractivity contribution in [2.75, 3.05) is 31.2 Å². The molecule has 0 atom stereocenters. The number of ether oxygens (including phenoxy) is 1. The molecule has 8 nitrogen and oxygen atoms in total. The second-order valence-electron chi connectivity index (χ2n) is 7.74. The van der Waals surface area contributed by atoms with Gasteiger partial charge in [0.25, 0.3) is 5.56 Å². The molecule has 1 aliphatic heterocycles. The molecule has 164 valence electrons. The van der Waals surface area contributed by atoms with E-state index in [0.29, 0.717) is 24.6 Å². The Hall–Kier alpha value is -3.17. The highest BCUT2D eigenvalue weighted by molar-refractivity contribution is 7.98. The zero-order chi connectivity index (χ0) is 22.1. The number of nitrogens with zero attached hydrogens (tertiary/aromatic N) is 6. The van der Waals surface area contributed by atoms with Crippen molar-refractivity contribution in [2.24, 2.45) is 0 Å². The monoisotopic (exact) mass is 448 g/mol. The van der Waals surface area contributed by atoms with Crippen molar-refractivity contribution >= 4 is 23.4 Å².